The van der Waals surface area contributed by atoms with Crippen LogP contribution in [-0.4, -0.2) is 75.2 Å². The van der Waals surface area contributed by atoms with Crippen molar-refractivity contribution in [3.8, 4) is 0 Å². The Morgan fingerprint density at radius 1 is 0.815 bits per heavy atom. The van der Waals surface area contributed by atoms with Gasteiger partial charge in [0.2, 0.25) is 0 Å². The highest BCUT2D eigenvalue weighted by molar-refractivity contribution is 5.23. The van der Waals surface area contributed by atoms with Gasteiger partial charge < -0.3 is 20.4 Å². The van der Waals surface area contributed by atoms with Crippen LogP contribution in [0.1, 0.15) is 44.2 Å². The summed E-state index contributed by atoms with van der Waals surface area (Å²) in [6.45, 7) is 16.2. The predicted octanol–water partition coefficient (Wildman–Crippen LogP) is 2.78. The van der Waals surface area contributed by atoms with E-state index >= 15 is 0 Å². The van der Waals surface area contributed by atoms with E-state index in [2.05, 4.69) is 58.5 Å². The molecule has 1 aromatic rings. The maximum Gasteiger partial charge on any atom is 0.0107 e. The Morgan fingerprint density at radius 3 is 1.96 bits per heavy atom. The Bertz CT molecular complexity index is 468. The van der Waals surface area contributed by atoms with Crippen LogP contribution in [0.4, 0.5) is 0 Å². The molecule has 0 bridgehead atoms. The molecule has 0 unspecified atom stereocenters. The van der Waals surface area contributed by atoms with Crippen LogP contribution in [0.3, 0.4) is 0 Å². The second-order valence-electron chi connectivity index (χ2n) is 7.80. The highest BCUT2D eigenvalue weighted by Gasteiger charge is 2.09. The highest BCUT2D eigenvalue weighted by Crippen LogP contribution is 2.06. The molecule has 1 aliphatic rings. The van der Waals surface area contributed by atoms with E-state index in [0.29, 0.717) is 0 Å². The molecule has 0 aromatic heterocycles. The second kappa shape index (κ2) is 14.1. The fourth-order valence-electron chi connectivity index (χ4n) is 3.81. The summed E-state index contributed by atoms with van der Waals surface area (Å²) in [7, 11) is 0. The van der Waals surface area contributed by atoms with E-state index < -0.39 is 0 Å². The van der Waals surface area contributed by atoms with Crippen LogP contribution in [0.5, 0.6) is 0 Å². The Kier molecular flexibility index (Phi) is 11.7. The van der Waals surface area contributed by atoms with Crippen molar-refractivity contribution in [3.05, 3.63) is 35.4 Å². The van der Waals surface area contributed by atoms with Gasteiger partial charge in [-0.15, -0.1) is 0 Å². The lowest BCUT2D eigenvalue weighted by molar-refractivity contribution is 0.288. The molecular formula is C23H42N4. The summed E-state index contributed by atoms with van der Waals surface area (Å²) in [5.74, 6) is 0. The molecule has 27 heavy (non-hydrogen) atoms. The van der Waals surface area contributed by atoms with Gasteiger partial charge in [-0.25, -0.2) is 0 Å². The van der Waals surface area contributed by atoms with E-state index in [1.165, 1.54) is 56.6 Å². The minimum absolute atomic E-state index is 1.07. The topological polar surface area (TPSA) is 30.5 Å². The quantitative estimate of drug-likeness (QED) is 0.462. The third-order valence-electron chi connectivity index (χ3n) is 5.60. The van der Waals surface area contributed by atoms with E-state index in [4.69, 9.17) is 0 Å². The largest absolute Gasteiger partial charge is 0.315 e. The van der Waals surface area contributed by atoms with Crippen LogP contribution >= 0.6 is 0 Å². The summed E-state index contributed by atoms with van der Waals surface area (Å²) >= 11 is 0. The summed E-state index contributed by atoms with van der Waals surface area (Å²) in [6, 6.07) is 9.21. The van der Waals surface area contributed by atoms with E-state index in [-0.39, 0.29) is 0 Å². The summed E-state index contributed by atoms with van der Waals surface area (Å²) in [5.41, 5.74) is 2.88. The maximum absolute atomic E-state index is 3.59. The smallest absolute Gasteiger partial charge is 0.0107 e. The third kappa shape index (κ3) is 9.70. The molecule has 1 heterocycles. The van der Waals surface area contributed by atoms with Gasteiger partial charge >= 0.3 is 0 Å². The Labute approximate surface area is 167 Å². The monoisotopic (exact) mass is 374 g/mol. The fraction of sp³-hybridized carbons (Fsp3) is 0.739. The molecule has 0 aliphatic carbocycles. The van der Waals surface area contributed by atoms with E-state index in [1.807, 2.05) is 0 Å². The lowest BCUT2D eigenvalue weighted by atomic mass is 10.1. The first-order valence-corrected chi connectivity index (χ1v) is 11.3. The summed E-state index contributed by atoms with van der Waals surface area (Å²) in [4.78, 5) is 5.08. The third-order valence-corrected chi connectivity index (χ3v) is 5.60. The number of likely N-dealkylation sites (tertiary alicyclic amines) is 1. The van der Waals surface area contributed by atoms with Crippen molar-refractivity contribution in [1.82, 2.24) is 20.4 Å². The molecule has 0 spiro atoms. The fourth-order valence-corrected chi connectivity index (χ4v) is 3.81. The van der Waals surface area contributed by atoms with Crippen LogP contribution in [0.2, 0.25) is 0 Å². The Hall–Kier alpha value is -0.940. The van der Waals surface area contributed by atoms with Gasteiger partial charge in [0.1, 0.15) is 0 Å². The molecule has 4 heteroatoms. The molecule has 1 aromatic carbocycles. The number of benzene rings is 1. The molecule has 4 nitrogen and oxygen atoms in total. The van der Waals surface area contributed by atoms with Crippen LogP contribution < -0.4 is 10.6 Å². The summed E-state index contributed by atoms with van der Waals surface area (Å²) in [6.07, 6.45) is 6.26. The lowest BCUT2D eigenvalue weighted by Gasteiger charge is -2.19. The van der Waals surface area contributed by atoms with E-state index in [9.17, 15) is 0 Å². The predicted molar refractivity (Wildman–Crippen MR) is 118 cm³/mol. The SMILES string of the molecule is CCCN(CC)CCNCCc1ccc(CCNCCN2CCCC2)cc1. The van der Waals surface area contributed by atoms with Crippen LogP contribution in [0.25, 0.3) is 0 Å². The summed E-state index contributed by atoms with van der Waals surface area (Å²) in [5, 5.41) is 7.18. The standard InChI is InChI=1S/C23H42N4/c1-3-17-26(4-2)20-15-24-13-11-22-7-9-23(10-8-22)12-14-25-16-21-27-18-5-6-19-27/h7-10,24-25H,3-6,11-21H2,1-2H3. The van der Waals surface area contributed by atoms with Gasteiger partial charge in [0.25, 0.3) is 0 Å². The molecular weight excluding hydrogens is 332 g/mol. The maximum atomic E-state index is 3.59. The molecule has 154 valence electrons. The van der Waals surface area contributed by atoms with Crippen LogP contribution in [0.15, 0.2) is 24.3 Å². The lowest BCUT2D eigenvalue weighted by Crippen LogP contribution is -2.33. The van der Waals surface area contributed by atoms with Gasteiger partial charge in [-0.3, -0.25) is 0 Å². The summed E-state index contributed by atoms with van der Waals surface area (Å²) < 4.78 is 0. The van der Waals surface area contributed by atoms with Crippen molar-refractivity contribution in [1.29, 1.82) is 0 Å². The Morgan fingerprint density at radius 2 is 1.41 bits per heavy atom. The molecule has 1 fully saturated rings. The number of nitrogens with one attached hydrogen (secondary N) is 2. The molecule has 0 radical (unpaired) electrons. The van der Waals surface area contributed by atoms with Gasteiger partial charge in [-0.05, 0) is 82.5 Å². The molecule has 0 atom stereocenters. The van der Waals surface area contributed by atoms with Crippen molar-refractivity contribution < 1.29 is 0 Å². The zero-order valence-electron chi connectivity index (χ0n) is 17.8. The van der Waals surface area contributed by atoms with Crippen molar-refractivity contribution >= 4 is 0 Å². The van der Waals surface area contributed by atoms with Crippen molar-refractivity contribution in [2.75, 3.05) is 65.4 Å². The molecule has 2 rings (SSSR count). The van der Waals surface area contributed by atoms with Gasteiger partial charge in [0, 0.05) is 26.2 Å². The Balaban J connectivity index is 1.50. The highest BCUT2D eigenvalue weighted by atomic mass is 15.1. The van der Waals surface area contributed by atoms with Crippen LogP contribution in [-0.2, 0) is 12.8 Å². The normalized spacial score (nSPS) is 15.1. The van der Waals surface area contributed by atoms with Crippen molar-refractivity contribution in [2.24, 2.45) is 0 Å². The first-order chi connectivity index (χ1) is 13.3. The number of likely N-dealkylation sites (N-methyl/N-ethyl adjacent to an activating group) is 1. The molecule has 1 aliphatic heterocycles. The minimum Gasteiger partial charge on any atom is -0.315 e. The molecule has 0 amide bonds. The average molecular weight is 375 g/mol. The van der Waals surface area contributed by atoms with E-state index in [0.717, 1.165) is 52.1 Å². The minimum atomic E-state index is 1.07. The number of hydrogen-bond donors (Lipinski definition) is 2. The number of rotatable bonds is 15. The zero-order valence-corrected chi connectivity index (χ0v) is 17.8. The second-order valence-corrected chi connectivity index (χ2v) is 7.80. The zero-order chi connectivity index (χ0) is 19.2. The average Bonchev–Trinajstić information content (AvgIpc) is 3.21. The number of nitrogens with zero attached hydrogens (tertiary/aromatic N) is 2. The number of hydrogen-bond acceptors (Lipinski definition) is 4. The van der Waals surface area contributed by atoms with Gasteiger partial charge in [-0.2, -0.15) is 0 Å². The van der Waals surface area contributed by atoms with Crippen molar-refractivity contribution in [2.45, 2.75) is 46.0 Å². The van der Waals surface area contributed by atoms with Crippen molar-refractivity contribution in [3.63, 3.8) is 0 Å². The van der Waals surface area contributed by atoms with Gasteiger partial charge in [0.05, 0.1) is 0 Å². The van der Waals surface area contributed by atoms with Gasteiger partial charge in [0.15, 0.2) is 0 Å². The molecule has 1 saturated heterocycles. The van der Waals surface area contributed by atoms with E-state index in [1.54, 1.807) is 0 Å². The van der Waals surface area contributed by atoms with Gasteiger partial charge in [-0.1, -0.05) is 38.1 Å². The molecule has 2 N–H and O–H groups in total. The first kappa shape index (κ1) is 22.4. The first-order valence-electron chi connectivity index (χ1n) is 11.3. The van der Waals surface area contributed by atoms with Crippen LogP contribution in [0, 0.1) is 0 Å². The molecule has 0 saturated carbocycles.